The van der Waals surface area contributed by atoms with Crippen LogP contribution in [-0.2, 0) is 13.0 Å². The Morgan fingerprint density at radius 3 is 2.75 bits per heavy atom. The first kappa shape index (κ1) is 13.9. The Hall–Kier alpha value is -1.09. The quantitative estimate of drug-likeness (QED) is 0.748. The Bertz CT molecular complexity index is 629. The van der Waals surface area contributed by atoms with Crippen LogP contribution in [-0.4, -0.2) is 15.4 Å². The molecule has 1 aliphatic rings. The van der Waals surface area contributed by atoms with Gasteiger partial charge in [-0.2, -0.15) is 0 Å². The predicted molar refractivity (Wildman–Crippen MR) is 80.6 cm³/mol. The maximum atomic E-state index is 13.4. The van der Waals surface area contributed by atoms with E-state index in [9.17, 15) is 4.39 Å². The second-order valence-electron chi connectivity index (χ2n) is 6.20. The van der Waals surface area contributed by atoms with Crippen molar-refractivity contribution in [2.45, 2.75) is 39.7 Å². The molecule has 0 bridgehead atoms. The Balaban J connectivity index is 2.05. The summed E-state index contributed by atoms with van der Waals surface area (Å²) < 4.78 is 15.6. The highest BCUT2D eigenvalue weighted by atomic mass is 35.5. The van der Waals surface area contributed by atoms with Crippen molar-refractivity contribution in [2.24, 2.45) is 11.3 Å². The molecular weight excluding hydrogens is 275 g/mol. The number of benzene rings is 1. The summed E-state index contributed by atoms with van der Waals surface area (Å²) in [6.45, 7) is 5.54. The highest BCUT2D eigenvalue weighted by Crippen LogP contribution is 2.53. The zero-order valence-corrected chi connectivity index (χ0v) is 12.8. The minimum absolute atomic E-state index is 0.232. The lowest BCUT2D eigenvalue weighted by Crippen LogP contribution is -2.19. The molecule has 0 aliphatic heterocycles. The van der Waals surface area contributed by atoms with Crippen LogP contribution in [0.1, 0.15) is 32.5 Å². The fourth-order valence-electron chi connectivity index (χ4n) is 3.00. The van der Waals surface area contributed by atoms with Crippen LogP contribution in [0.5, 0.6) is 0 Å². The van der Waals surface area contributed by atoms with E-state index in [2.05, 4.69) is 23.4 Å². The molecule has 4 heteroatoms. The van der Waals surface area contributed by atoms with Crippen molar-refractivity contribution in [3.05, 3.63) is 29.8 Å². The smallest absolute Gasteiger partial charge is 0.125 e. The second-order valence-corrected chi connectivity index (χ2v) is 6.58. The molecule has 0 saturated heterocycles. The molecule has 1 fully saturated rings. The summed E-state index contributed by atoms with van der Waals surface area (Å²) in [5.74, 6) is 1.95. The molecule has 0 atom stereocenters. The van der Waals surface area contributed by atoms with Crippen molar-refractivity contribution in [2.75, 3.05) is 5.88 Å². The van der Waals surface area contributed by atoms with Gasteiger partial charge in [-0.3, -0.25) is 0 Å². The van der Waals surface area contributed by atoms with Gasteiger partial charge >= 0.3 is 0 Å². The molecule has 1 saturated carbocycles. The molecule has 1 aliphatic carbocycles. The monoisotopic (exact) mass is 294 g/mol. The van der Waals surface area contributed by atoms with E-state index in [0.29, 0.717) is 17.2 Å². The van der Waals surface area contributed by atoms with Crippen LogP contribution in [0.2, 0.25) is 0 Å². The number of imidazole rings is 1. The number of halogens is 2. The number of rotatable bonds is 5. The molecule has 20 heavy (non-hydrogen) atoms. The van der Waals surface area contributed by atoms with Crippen molar-refractivity contribution in [3.63, 3.8) is 0 Å². The molecule has 0 unspecified atom stereocenters. The molecule has 0 radical (unpaired) electrons. The van der Waals surface area contributed by atoms with Gasteiger partial charge in [-0.25, -0.2) is 9.37 Å². The summed E-state index contributed by atoms with van der Waals surface area (Å²) in [5.41, 5.74) is 2.16. The Morgan fingerprint density at radius 1 is 1.40 bits per heavy atom. The van der Waals surface area contributed by atoms with Crippen LogP contribution in [0.4, 0.5) is 4.39 Å². The van der Waals surface area contributed by atoms with Crippen LogP contribution >= 0.6 is 11.6 Å². The average Bonchev–Trinajstić information content (AvgIpc) is 3.11. The van der Waals surface area contributed by atoms with Crippen molar-refractivity contribution >= 4 is 22.6 Å². The molecule has 2 aromatic rings. The van der Waals surface area contributed by atoms with Crippen LogP contribution in [0.3, 0.4) is 0 Å². The van der Waals surface area contributed by atoms with E-state index in [1.54, 1.807) is 0 Å². The van der Waals surface area contributed by atoms with E-state index in [1.807, 2.05) is 6.07 Å². The molecule has 2 nitrogen and oxygen atoms in total. The lowest BCUT2D eigenvalue weighted by atomic mass is 9.92. The van der Waals surface area contributed by atoms with Gasteiger partial charge < -0.3 is 4.57 Å². The van der Waals surface area contributed by atoms with Gasteiger partial charge in [0.15, 0.2) is 0 Å². The maximum absolute atomic E-state index is 13.4. The fraction of sp³-hybridized carbons (Fsp3) is 0.562. The largest absolute Gasteiger partial charge is 0.327 e. The van der Waals surface area contributed by atoms with Crippen molar-refractivity contribution in [1.29, 1.82) is 0 Å². The van der Waals surface area contributed by atoms with Crippen molar-refractivity contribution in [1.82, 2.24) is 9.55 Å². The molecule has 0 amide bonds. The molecule has 1 heterocycles. The predicted octanol–water partition coefficient (Wildman–Crippen LogP) is 4.39. The average molecular weight is 295 g/mol. The molecule has 0 N–H and O–H groups in total. The highest BCUT2D eigenvalue weighted by Gasteiger charge is 2.46. The number of alkyl halides is 1. The summed E-state index contributed by atoms with van der Waals surface area (Å²) in [5, 5.41) is 0. The van der Waals surface area contributed by atoms with Gasteiger partial charge in [-0.05, 0) is 36.3 Å². The maximum Gasteiger partial charge on any atom is 0.125 e. The van der Waals surface area contributed by atoms with Gasteiger partial charge in [0.05, 0.1) is 11.0 Å². The van der Waals surface area contributed by atoms with Gasteiger partial charge in [-0.1, -0.05) is 13.8 Å². The standard InChI is InChI=1S/C16H20ClFN2/c1-11(2)16(6-7-16)10-20-14-4-3-12(18)9-13(14)19-15(20)5-8-17/h3-4,9,11H,5-8,10H2,1-2H3. The van der Waals surface area contributed by atoms with E-state index < -0.39 is 0 Å². The summed E-state index contributed by atoms with van der Waals surface area (Å²) in [4.78, 5) is 4.57. The molecule has 0 spiro atoms. The SMILES string of the molecule is CC(C)C1(Cn2c(CCCl)nc3cc(F)ccc32)CC1. The number of hydrogen-bond donors (Lipinski definition) is 0. The normalized spacial score (nSPS) is 17.1. The van der Waals surface area contributed by atoms with Crippen molar-refractivity contribution in [3.8, 4) is 0 Å². The minimum Gasteiger partial charge on any atom is -0.327 e. The van der Waals surface area contributed by atoms with E-state index in [0.717, 1.165) is 29.8 Å². The molecular formula is C16H20ClFN2. The first-order chi connectivity index (χ1) is 9.55. The summed E-state index contributed by atoms with van der Waals surface area (Å²) in [6.07, 6.45) is 3.27. The lowest BCUT2D eigenvalue weighted by molar-refractivity contribution is 0.309. The number of aromatic nitrogens is 2. The van der Waals surface area contributed by atoms with Gasteiger partial charge in [0, 0.05) is 24.9 Å². The Kier molecular flexibility index (Phi) is 3.49. The van der Waals surface area contributed by atoms with E-state index >= 15 is 0 Å². The number of nitrogens with zero attached hydrogens (tertiary/aromatic N) is 2. The topological polar surface area (TPSA) is 17.8 Å². The molecule has 1 aromatic heterocycles. The zero-order valence-electron chi connectivity index (χ0n) is 12.0. The first-order valence-electron chi connectivity index (χ1n) is 7.26. The third-order valence-corrected chi connectivity index (χ3v) is 4.89. The van der Waals surface area contributed by atoms with Crippen LogP contribution < -0.4 is 0 Å². The van der Waals surface area contributed by atoms with Gasteiger partial charge in [0.2, 0.25) is 0 Å². The Labute approximate surface area is 123 Å². The molecule has 108 valence electrons. The third kappa shape index (κ3) is 2.32. The van der Waals surface area contributed by atoms with Crippen molar-refractivity contribution < 1.29 is 4.39 Å². The van der Waals surface area contributed by atoms with Crippen LogP contribution in [0, 0.1) is 17.2 Å². The van der Waals surface area contributed by atoms with Crippen LogP contribution in [0.25, 0.3) is 11.0 Å². The lowest BCUT2D eigenvalue weighted by Gasteiger charge is -2.22. The molecule has 3 rings (SSSR count). The second kappa shape index (κ2) is 5.03. The summed E-state index contributed by atoms with van der Waals surface area (Å²) in [7, 11) is 0. The van der Waals surface area contributed by atoms with Crippen LogP contribution in [0.15, 0.2) is 18.2 Å². The van der Waals surface area contributed by atoms with E-state index in [1.165, 1.54) is 25.0 Å². The number of hydrogen-bond acceptors (Lipinski definition) is 1. The van der Waals surface area contributed by atoms with Gasteiger partial charge in [0.1, 0.15) is 11.6 Å². The minimum atomic E-state index is -0.232. The fourth-order valence-corrected chi connectivity index (χ4v) is 3.17. The molecule has 1 aromatic carbocycles. The van der Waals surface area contributed by atoms with E-state index in [-0.39, 0.29) is 5.82 Å². The Morgan fingerprint density at radius 2 is 2.15 bits per heavy atom. The summed E-state index contributed by atoms with van der Waals surface area (Å²) >= 11 is 5.89. The van der Waals surface area contributed by atoms with E-state index in [4.69, 9.17) is 11.6 Å². The van der Waals surface area contributed by atoms with Gasteiger partial charge in [-0.15, -0.1) is 11.6 Å². The zero-order chi connectivity index (χ0) is 14.3. The highest BCUT2D eigenvalue weighted by molar-refractivity contribution is 6.17. The summed E-state index contributed by atoms with van der Waals surface area (Å²) in [6, 6.07) is 4.87. The number of fused-ring (bicyclic) bond motifs is 1. The number of aryl methyl sites for hydroxylation is 1. The third-order valence-electron chi connectivity index (χ3n) is 4.70. The van der Waals surface area contributed by atoms with Gasteiger partial charge in [0.25, 0.3) is 0 Å². The first-order valence-corrected chi connectivity index (χ1v) is 7.80.